The first kappa shape index (κ1) is 21.9. The predicted molar refractivity (Wildman–Crippen MR) is 121 cm³/mol. The molecule has 2 aromatic heterocycles. The highest BCUT2D eigenvalue weighted by molar-refractivity contribution is 5.89. The quantitative estimate of drug-likeness (QED) is 0.317. The van der Waals surface area contributed by atoms with Crippen LogP contribution in [0.2, 0.25) is 0 Å². The molecular weight excluding hydrogens is 428 g/mol. The van der Waals surface area contributed by atoms with Crippen molar-refractivity contribution < 1.29 is 29.0 Å². The number of carboxylic acids is 1. The number of aliphatic carboxylic acids is 1. The van der Waals surface area contributed by atoms with Gasteiger partial charge in [0, 0.05) is 29.6 Å². The Morgan fingerprint density at radius 2 is 1.97 bits per heavy atom. The molecule has 0 saturated carbocycles. The van der Waals surface area contributed by atoms with Gasteiger partial charge in [0.05, 0.1) is 5.39 Å². The molecule has 0 radical (unpaired) electrons. The molecule has 1 atom stereocenters. The molecule has 33 heavy (non-hydrogen) atoms. The highest BCUT2D eigenvalue weighted by Crippen LogP contribution is 2.29. The molecule has 1 amide bonds. The number of nitrogens with one attached hydrogen (secondary N) is 2. The van der Waals surface area contributed by atoms with Gasteiger partial charge in [0.15, 0.2) is 6.61 Å². The average Bonchev–Trinajstić information content (AvgIpc) is 3.12. The lowest BCUT2D eigenvalue weighted by atomic mass is 10.0. The van der Waals surface area contributed by atoms with E-state index in [1.54, 1.807) is 38.2 Å². The highest BCUT2D eigenvalue weighted by Gasteiger charge is 2.22. The van der Waals surface area contributed by atoms with Crippen LogP contribution in [0.4, 0.5) is 0 Å². The molecule has 0 saturated heterocycles. The van der Waals surface area contributed by atoms with Crippen molar-refractivity contribution in [2.45, 2.75) is 26.3 Å². The summed E-state index contributed by atoms with van der Waals surface area (Å²) in [5.41, 5.74) is 2.67. The molecule has 0 aliphatic rings. The number of carbonyl (C=O) groups is 2. The molecule has 0 aliphatic heterocycles. The highest BCUT2D eigenvalue weighted by atomic mass is 16.5. The van der Waals surface area contributed by atoms with E-state index in [1.165, 1.54) is 18.2 Å². The monoisotopic (exact) mass is 450 g/mol. The van der Waals surface area contributed by atoms with Crippen LogP contribution in [-0.2, 0) is 16.0 Å². The van der Waals surface area contributed by atoms with Gasteiger partial charge in [-0.1, -0.05) is 0 Å². The third-order valence-electron chi connectivity index (χ3n) is 5.32. The second-order valence-electron chi connectivity index (χ2n) is 7.88. The van der Waals surface area contributed by atoms with E-state index in [2.05, 4.69) is 10.3 Å². The topological polar surface area (TPSA) is 142 Å². The molecule has 2 heterocycles. The standard InChI is InChI=1S/C24H22N2O7/c1-12-5-19(23-13(2)7-22(29)33-20(23)6-12)32-11-21(28)26-18(24(30)31)8-14-10-25-17-4-3-15(27)9-16(14)17/h3-7,9-10,18,25,27H,8,11H2,1-2H3,(H,26,28)(H,30,31). The summed E-state index contributed by atoms with van der Waals surface area (Å²) < 4.78 is 10.9. The Morgan fingerprint density at radius 3 is 2.73 bits per heavy atom. The van der Waals surface area contributed by atoms with Crippen LogP contribution in [0.1, 0.15) is 16.7 Å². The van der Waals surface area contributed by atoms with E-state index < -0.39 is 30.2 Å². The summed E-state index contributed by atoms with van der Waals surface area (Å²) in [6.07, 6.45) is 1.67. The number of ether oxygens (including phenoxy) is 1. The Hall–Kier alpha value is -4.27. The van der Waals surface area contributed by atoms with Gasteiger partial charge >= 0.3 is 11.6 Å². The molecule has 170 valence electrons. The lowest BCUT2D eigenvalue weighted by Crippen LogP contribution is -2.44. The Balaban J connectivity index is 1.50. The Labute approximate surface area is 187 Å². The van der Waals surface area contributed by atoms with Crippen LogP contribution in [0.15, 0.2) is 51.8 Å². The maximum absolute atomic E-state index is 12.5. The van der Waals surface area contributed by atoms with Gasteiger partial charge in [0.1, 0.15) is 23.1 Å². The van der Waals surface area contributed by atoms with Crippen LogP contribution < -0.4 is 15.7 Å². The fourth-order valence-corrected chi connectivity index (χ4v) is 3.83. The van der Waals surface area contributed by atoms with Gasteiger partial charge in [-0.25, -0.2) is 9.59 Å². The maximum Gasteiger partial charge on any atom is 0.336 e. The number of aromatic amines is 1. The number of aryl methyl sites for hydroxylation is 2. The maximum atomic E-state index is 12.5. The zero-order valence-electron chi connectivity index (χ0n) is 18.0. The van der Waals surface area contributed by atoms with E-state index >= 15 is 0 Å². The van der Waals surface area contributed by atoms with Crippen molar-refractivity contribution in [2.24, 2.45) is 0 Å². The van der Waals surface area contributed by atoms with Crippen molar-refractivity contribution in [1.82, 2.24) is 10.3 Å². The normalized spacial score (nSPS) is 12.1. The number of aromatic nitrogens is 1. The van der Waals surface area contributed by atoms with E-state index in [4.69, 9.17) is 9.15 Å². The van der Waals surface area contributed by atoms with Gasteiger partial charge in [0.25, 0.3) is 5.91 Å². The van der Waals surface area contributed by atoms with E-state index in [-0.39, 0.29) is 12.2 Å². The van der Waals surface area contributed by atoms with Crippen molar-refractivity contribution in [2.75, 3.05) is 6.61 Å². The number of hydrogen-bond donors (Lipinski definition) is 4. The van der Waals surface area contributed by atoms with Crippen LogP contribution in [0.3, 0.4) is 0 Å². The van der Waals surface area contributed by atoms with Gasteiger partial charge in [-0.3, -0.25) is 4.79 Å². The van der Waals surface area contributed by atoms with Gasteiger partial charge in [0.2, 0.25) is 0 Å². The summed E-state index contributed by atoms with van der Waals surface area (Å²) in [6, 6.07) is 8.31. The minimum atomic E-state index is -1.20. The molecule has 0 aliphatic carbocycles. The minimum absolute atomic E-state index is 0.0160. The minimum Gasteiger partial charge on any atom is -0.508 e. The van der Waals surface area contributed by atoms with E-state index in [9.17, 15) is 24.6 Å². The summed E-state index contributed by atoms with van der Waals surface area (Å²) in [4.78, 5) is 39.0. The van der Waals surface area contributed by atoms with Crippen LogP contribution in [0.5, 0.6) is 11.5 Å². The first-order chi connectivity index (χ1) is 15.7. The first-order valence-electron chi connectivity index (χ1n) is 10.2. The first-order valence-corrected chi connectivity index (χ1v) is 10.2. The number of phenols is 1. The van der Waals surface area contributed by atoms with Crippen molar-refractivity contribution in [1.29, 1.82) is 0 Å². The van der Waals surface area contributed by atoms with Gasteiger partial charge in [-0.2, -0.15) is 0 Å². The SMILES string of the molecule is Cc1cc(OCC(=O)NC(Cc2c[nH]c3ccc(O)cc23)C(=O)O)c2c(C)cc(=O)oc2c1. The van der Waals surface area contributed by atoms with Crippen molar-refractivity contribution in [3.63, 3.8) is 0 Å². The van der Waals surface area contributed by atoms with E-state index in [0.717, 1.165) is 11.1 Å². The number of hydrogen-bond acceptors (Lipinski definition) is 6. The molecule has 9 heteroatoms. The Kier molecular flexibility index (Phi) is 5.78. The molecule has 4 aromatic rings. The number of amides is 1. The van der Waals surface area contributed by atoms with Gasteiger partial charge in [-0.05, 0) is 60.9 Å². The summed E-state index contributed by atoms with van der Waals surface area (Å²) in [5, 5.41) is 23.1. The van der Waals surface area contributed by atoms with Crippen LogP contribution in [0, 0.1) is 13.8 Å². The lowest BCUT2D eigenvalue weighted by molar-refractivity contribution is -0.142. The van der Waals surface area contributed by atoms with Gasteiger partial charge < -0.3 is 29.7 Å². The fraction of sp³-hybridized carbons (Fsp3) is 0.208. The molecule has 1 unspecified atom stereocenters. The predicted octanol–water partition coefficient (Wildman–Crippen LogP) is 2.79. The summed E-state index contributed by atoms with van der Waals surface area (Å²) in [7, 11) is 0. The lowest BCUT2D eigenvalue weighted by Gasteiger charge is -2.16. The largest absolute Gasteiger partial charge is 0.508 e. The van der Waals surface area contributed by atoms with Crippen LogP contribution in [0.25, 0.3) is 21.9 Å². The van der Waals surface area contributed by atoms with Gasteiger partial charge in [-0.15, -0.1) is 0 Å². The number of carboxylic acid groups (broad SMARTS) is 1. The second kappa shape index (κ2) is 8.70. The summed E-state index contributed by atoms with van der Waals surface area (Å²) >= 11 is 0. The molecule has 4 N–H and O–H groups in total. The molecule has 4 rings (SSSR count). The number of phenolic OH excluding ortho intramolecular Hbond substituents is 1. The molecule has 2 aromatic carbocycles. The van der Waals surface area contributed by atoms with Crippen LogP contribution >= 0.6 is 0 Å². The zero-order chi connectivity index (χ0) is 23.7. The Bertz CT molecular complexity index is 1430. The number of carbonyl (C=O) groups excluding carboxylic acids is 1. The number of rotatable bonds is 7. The summed E-state index contributed by atoms with van der Waals surface area (Å²) in [5.74, 6) is -1.39. The number of aromatic hydroxyl groups is 1. The average molecular weight is 450 g/mol. The number of fused-ring (bicyclic) bond motifs is 2. The summed E-state index contributed by atoms with van der Waals surface area (Å²) in [6.45, 7) is 3.12. The van der Waals surface area contributed by atoms with E-state index in [1.807, 2.05) is 0 Å². The second-order valence-corrected chi connectivity index (χ2v) is 7.88. The molecule has 0 spiro atoms. The third-order valence-corrected chi connectivity index (χ3v) is 5.32. The van der Waals surface area contributed by atoms with Crippen molar-refractivity contribution >= 4 is 33.7 Å². The Morgan fingerprint density at radius 1 is 1.18 bits per heavy atom. The van der Waals surface area contributed by atoms with Crippen LogP contribution in [-0.4, -0.2) is 39.7 Å². The zero-order valence-corrected chi connectivity index (χ0v) is 18.0. The van der Waals surface area contributed by atoms with E-state index in [0.29, 0.717) is 33.2 Å². The molecule has 0 bridgehead atoms. The third kappa shape index (κ3) is 4.67. The molecule has 9 nitrogen and oxygen atoms in total. The van der Waals surface area contributed by atoms with Crippen molar-refractivity contribution in [3.05, 3.63) is 69.7 Å². The fourth-order valence-electron chi connectivity index (χ4n) is 3.83. The number of benzene rings is 2. The molecular formula is C24H22N2O7. The molecule has 0 fully saturated rings. The smallest absolute Gasteiger partial charge is 0.336 e. The van der Waals surface area contributed by atoms with Crippen molar-refractivity contribution in [3.8, 4) is 11.5 Å². The number of H-pyrrole nitrogens is 1.